The third kappa shape index (κ3) is 3.08. The molecule has 0 aliphatic carbocycles. The van der Waals surface area contributed by atoms with Gasteiger partial charge in [0.25, 0.3) is 0 Å². The Labute approximate surface area is 107 Å². The quantitative estimate of drug-likeness (QED) is 0.449. The maximum Gasteiger partial charge on any atom is 0.189 e. The Morgan fingerprint density at radius 1 is 1.59 bits per heavy atom. The van der Waals surface area contributed by atoms with Gasteiger partial charge in [0, 0.05) is 20.2 Å². The van der Waals surface area contributed by atoms with Crippen molar-refractivity contribution in [1.29, 1.82) is 0 Å². The topological polar surface area (TPSA) is 46.1 Å². The Kier molecular flexibility index (Phi) is 4.58. The minimum Gasteiger partial charge on any atom is -0.382 e. The lowest BCUT2D eigenvalue weighted by Crippen LogP contribution is -2.49. The van der Waals surface area contributed by atoms with Crippen molar-refractivity contribution in [1.82, 2.24) is 9.62 Å². The van der Waals surface area contributed by atoms with E-state index in [9.17, 15) is 0 Å². The van der Waals surface area contributed by atoms with E-state index in [2.05, 4.69) is 27.1 Å². The van der Waals surface area contributed by atoms with Crippen LogP contribution in [0.5, 0.6) is 0 Å². The van der Waals surface area contributed by atoms with Crippen LogP contribution in [0.2, 0.25) is 0 Å². The Hall–Kier alpha value is -0.400. The van der Waals surface area contributed by atoms with Crippen LogP contribution in [0.15, 0.2) is 16.0 Å². The molecule has 0 saturated heterocycles. The summed E-state index contributed by atoms with van der Waals surface area (Å²) in [5, 5.41) is 0. The molecule has 5 nitrogen and oxygen atoms in total. The van der Waals surface area contributed by atoms with Crippen LogP contribution in [0.25, 0.3) is 0 Å². The molecule has 2 rings (SSSR count). The highest BCUT2D eigenvalue weighted by Gasteiger charge is 2.38. The molecule has 0 aromatic carbocycles. The number of nitrogens with zero attached hydrogens (tertiary/aromatic N) is 2. The van der Waals surface area contributed by atoms with Gasteiger partial charge in [0.05, 0.1) is 31.6 Å². The van der Waals surface area contributed by atoms with Gasteiger partial charge in [-0.2, -0.15) is 0 Å². The number of hydrogen-bond donors (Lipinski definition) is 1. The van der Waals surface area contributed by atoms with Crippen molar-refractivity contribution >= 4 is 18.3 Å². The van der Waals surface area contributed by atoms with Crippen molar-refractivity contribution < 1.29 is 9.47 Å². The van der Waals surface area contributed by atoms with Crippen LogP contribution in [0.1, 0.15) is 6.42 Å². The summed E-state index contributed by atoms with van der Waals surface area (Å²) in [7, 11) is 3.80. The number of likely N-dealkylation sites (N-methyl/N-ethyl adjacent to an activating group) is 1. The Bertz CT molecular complexity index is 322. The molecule has 0 amide bonds. The highest BCUT2D eigenvalue weighted by atomic mass is 32.2. The van der Waals surface area contributed by atoms with E-state index < -0.39 is 5.72 Å². The molecule has 0 aromatic rings. The fourth-order valence-electron chi connectivity index (χ4n) is 1.98. The van der Waals surface area contributed by atoms with Crippen LogP contribution in [-0.4, -0.2) is 57.3 Å². The van der Waals surface area contributed by atoms with Crippen molar-refractivity contribution in [3.63, 3.8) is 0 Å². The van der Waals surface area contributed by atoms with Gasteiger partial charge in [-0.05, 0) is 19.0 Å². The Morgan fingerprint density at radius 2 is 2.47 bits per heavy atom. The minimum atomic E-state index is -0.544. The molecule has 0 fully saturated rings. The maximum absolute atomic E-state index is 5.92. The molecule has 2 aliphatic rings. The minimum absolute atomic E-state index is 0.544. The van der Waals surface area contributed by atoms with Crippen molar-refractivity contribution in [3.8, 4) is 0 Å². The van der Waals surface area contributed by atoms with E-state index in [-0.39, 0.29) is 0 Å². The van der Waals surface area contributed by atoms with E-state index in [0.717, 1.165) is 19.5 Å². The normalized spacial score (nSPS) is 29.6. The van der Waals surface area contributed by atoms with E-state index >= 15 is 0 Å². The molecule has 0 bridgehead atoms. The van der Waals surface area contributed by atoms with Crippen LogP contribution >= 0.6 is 12.1 Å². The smallest absolute Gasteiger partial charge is 0.189 e. The second-order valence-electron chi connectivity index (χ2n) is 4.26. The summed E-state index contributed by atoms with van der Waals surface area (Å²) in [5.41, 5.74) is 0.689. The fourth-order valence-corrected chi connectivity index (χ4v) is 2.61. The molecule has 0 radical (unpaired) electrons. The number of hydrogen-bond acceptors (Lipinski definition) is 6. The van der Waals surface area contributed by atoms with Crippen LogP contribution in [0.3, 0.4) is 0 Å². The molecule has 2 heterocycles. The molecule has 17 heavy (non-hydrogen) atoms. The second-order valence-corrected chi connectivity index (χ2v) is 4.86. The van der Waals surface area contributed by atoms with E-state index in [0.29, 0.717) is 13.2 Å². The van der Waals surface area contributed by atoms with Gasteiger partial charge in [-0.1, -0.05) is 6.08 Å². The van der Waals surface area contributed by atoms with E-state index in [1.54, 1.807) is 7.11 Å². The zero-order valence-electron chi connectivity index (χ0n) is 10.3. The average Bonchev–Trinajstić information content (AvgIpc) is 2.79. The summed E-state index contributed by atoms with van der Waals surface area (Å²) < 4.78 is 18.4. The molecule has 1 unspecified atom stereocenters. The predicted molar refractivity (Wildman–Crippen MR) is 70.0 cm³/mol. The molecule has 0 spiro atoms. The molecule has 0 saturated carbocycles. The summed E-state index contributed by atoms with van der Waals surface area (Å²) in [6.07, 6.45) is 5.15. The van der Waals surface area contributed by atoms with Gasteiger partial charge in [-0.25, -0.2) is 9.12 Å². The largest absolute Gasteiger partial charge is 0.382 e. The fraction of sp³-hybridized carbons (Fsp3) is 0.727. The van der Waals surface area contributed by atoms with Gasteiger partial charge in [0.1, 0.15) is 0 Å². The van der Waals surface area contributed by atoms with Crippen molar-refractivity contribution in [3.05, 3.63) is 11.6 Å². The molecule has 6 heteroatoms. The van der Waals surface area contributed by atoms with Gasteiger partial charge >= 0.3 is 0 Å². The summed E-state index contributed by atoms with van der Waals surface area (Å²) in [4.78, 5) is 2.29. The first-order valence-corrected chi connectivity index (χ1v) is 6.53. The van der Waals surface area contributed by atoms with E-state index in [1.165, 1.54) is 17.7 Å². The van der Waals surface area contributed by atoms with Gasteiger partial charge in [-0.15, -0.1) is 0 Å². The van der Waals surface area contributed by atoms with Crippen LogP contribution in [-0.2, 0) is 9.47 Å². The maximum atomic E-state index is 5.92. The Balaban J connectivity index is 2.05. The molecule has 1 N–H and O–H groups in total. The Morgan fingerprint density at radius 3 is 3.12 bits per heavy atom. The highest BCUT2D eigenvalue weighted by Crippen LogP contribution is 2.28. The SMILES string of the molecule is COCCOC1(C2=CCCN(C)C2)C=NSN1. The van der Waals surface area contributed by atoms with Crippen molar-refractivity contribution in [2.24, 2.45) is 4.40 Å². The zero-order valence-corrected chi connectivity index (χ0v) is 11.1. The lowest BCUT2D eigenvalue weighted by atomic mass is 10.00. The molecule has 1 atom stereocenters. The van der Waals surface area contributed by atoms with Crippen molar-refractivity contribution in [2.45, 2.75) is 12.1 Å². The molecular weight excluding hydrogens is 238 g/mol. The summed E-state index contributed by atoms with van der Waals surface area (Å²) in [5.74, 6) is 0. The first-order chi connectivity index (χ1) is 8.27. The lowest BCUT2D eigenvalue weighted by Gasteiger charge is -2.34. The monoisotopic (exact) mass is 257 g/mol. The number of nitrogens with one attached hydrogen (secondary N) is 1. The second kappa shape index (κ2) is 5.97. The van der Waals surface area contributed by atoms with Crippen LogP contribution < -0.4 is 4.72 Å². The summed E-state index contributed by atoms with van der Waals surface area (Å²) in [6, 6.07) is 0. The first kappa shape index (κ1) is 13.0. The molecule has 96 valence electrons. The van der Waals surface area contributed by atoms with E-state index in [4.69, 9.17) is 9.47 Å². The molecular formula is C11H19N3O2S. The molecule has 0 aromatic heterocycles. The predicted octanol–water partition coefficient (Wildman–Crippen LogP) is 0.845. The zero-order chi connectivity index (χ0) is 12.1. The van der Waals surface area contributed by atoms with Gasteiger partial charge in [0.2, 0.25) is 0 Å². The molecule has 2 aliphatic heterocycles. The van der Waals surface area contributed by atoms with E-state index in [1.807, 2.05) is 6.21 Å². The summed E-state index contributed by atoms with van der Waals surface area (Å²) >= 11 is 1.33. The third-order valence-electron chi connectivity index (χ3n) is 2.92. The number of methoxy groups -OCH3 is 1. The first-order valence-electron chi connectivity index (χ1n) is 5.75. The number of rotatable bonds is 5. The van der Waals surface area contributed by atoms with Gasteiger partial charge in [-0.3, -0.25) is 0 Å². The van der Waals surface area contributed by atoms with Gasteiger partial charge in [0.15, 0.2) is 5.72 Å². The standard InChI is InChI=1S/C11H19N3O2S/c1-14-5-3-4-10(8-14)11(9-12-17-13-11)16-7-6-15-2/h4,9,13H,3,5-8H2,1-2H3. The third-order valence-corrected chi connectivity index (χ3v) is 3.53. The highest BCUT2D eigenvalue weighted by molar-refractivity contribution is 7.96. The number of ether oxygens (including phenoxy) is 2. The summed E-state index contributed by atoms with van der Waals surface area (Å²) in [6.45, 7) is 3.15. The van der Waals surface area contributed by atoms with Crippen molar-refractivity contribution in [2.75, 3.05) is 40.5 Å². The van der Waals surface area contributed by atoms with Gasteiger partial charge < -0.3 is 14.4 Å². The average molecular weight is 257 g/mol. The lowest BCUT2D eigenvalue weighted by molar-refractivity contribution is -0.00219. The van der Waals surface area contributed by atoms with Crippen LogP contribution in [0.4, 0.5) is 0 Å². The van der Waals surface area contributed by atoms with Crippen LogP contribution in [0, 0.1) is 0 Å².